The van der Waals surface area contributed by atoms with Crippen LogP contribution >= 0.6 is 0 Å². The van der Waals surface area contributed by atoms with Gasteiger partial charge in [-0.05, 0) is 30.2 Å². The first-order chi connectivity index (χ1) is 9.24. The van der Waals surface area contributed by atoms with Gasteiger partial charge in [-0.3, -0.25) is 4.79 Å². The van der Waals surface area contributed by atoms with Crippen LogP contribution in [0.4, 0.5) is 0 Å². The first-order valence-corrected chi connectivity index (χ1v) is 6.26. The van der Waals surface area contributed by atoms with E-state index in [9.17, 15) is 4.79 Å². The standard InChI is InChI=1S/C18H16O/c1-15-7-9-17(10-8-15)12-14-18(19)13-11-16-5-3-2-4-6-16/h2-14H,1H3/b13-11+,14-12+. The van der Waals surface area contributed by atoms with Gasteiger partial charge in [0.05, 0.1) is 0 Å². The topological polar surface area (TPSA) is 17.1 Å². The molecule has 0 saturated carbocycles. The molecule has 94 valence electrons. The Kier molecular flexibility index (Phi) is 4.46. The fourth-order valence-corrected chi connectivity index (χ4v) is 1.65. The van der Waals surface area contributed by atoms with Crippen LogP contribution in [-0.2, 0) is 4.79 Å². The first-order valence-electron chi connectivity index (χ1n) is 6.26. The quantitative estimate of drug-likeness (QED) is 0.738. The molecule has 0 spiro atoms. The van der Waals surface area contributed by atoms with Crippen molar-refractivity contribution in [2.45, 2.75) is 6.92 Å². The van der Waals surface area contributed by atoms with Gasteiger partial charge in [-0.15, -0.1) is 0 Å². The third-order valence-electron chi connectivity index (χ3n) is 2.76. The zero-order valence-corrected chi connectivity index (χ0v) is 10.9. The van der Waals surface area contributed by atoms with Gasteiger partial charge in [-0.2, -0.15) is 0 Å². The fourth-order valence-electron chi connectivity index (χ4n) is 1.65. The molecule has 2 rings (SSSR count). The average molecular weight is 248 g/mol. The lowest BCUT2D eigenvalue weighted by Crippen LogP contribution is -1.84. The number of hydrogen-bond acceptors (Lipinski definition) is 1. The largest absolute Gasteiger partial charge is 0.290 e. The van der Waals surface area contributed by atoms with Crippen molar-refractivity contribution in [2.75, 3.05) is 0 Å². The highest BCUT2D eigenvalue weighted by Gasteiger charge is 1.91. The second kappa shape index (κ2) is 6.50. The molecule has 0 heterocycles. The minimum atomic E-state index is -0.00979. The molecule has 0 aliphatic heterocycles. The Morgan fingerprint density at radius 3 is 1.89 bits per heavy atom. The average Bonchev–Trinajstić information content (AvgIpc) is 2.45. The van der Waals surface area contributed by atoms with Gasteiger partial charge in [0.25, 0.3) is 0 Å². The van der Waals surface area contributed by atoms with E-state index in [4.69, 9.17) is 0 Å². The van der Waals surface area contributed by atoms with E-state index < -0.39 is 0 Å². The molecular formula is C18H16O. The number of benzene rings is 2. The Bertz CT molecular complexity index is 589. The predicted octanol–water partition coefficient (Wildman–Crippen LogP) is 4.29. The van der Waals surface area contributed by atoms with Crippen molar-refractivity contribution in [2.24, 2.45) is 0 Å². The molecule has 0 amide bonds. The number of aryl methyl sites for hydroxylation is 1. The van der Waals surface area contributed by atoms with Crippen LogP contribution in [0.1, 0.15) is 16.7 Å². The van der Waals surface area contributed by atoms with Crippen LogP contribution in [-0.4, -0.2) is 5.78 Å². The summed E-state index contributed by atoms with van der Waals surface area (Å²) in [7, 11) is 0. The zero-order chi connectivity index (χ0) is 13.5. The Morgan fingerprint density at radius 1 is 0.789 bits per heavy atom. The van der Waals surface area contributed by atoms with Crippen molar-refractivity contribution in [1.29, 1.82) is 0 Å². The molecule has 19 heavy (non-hydrogen) atoms. The summed E-state index contributed by atoms with van der Waals surface area (Å²) in [4.78, 5) is 11.7. The second-order valence-electron chi connectivity index (χ2n) is 4.39. The fraction of sp³-hybridized carbons (Fsp3) is 0.0556. The lowest BCUT2D eigenvalue weighted by atomic mass is 10.1. The number of carbonyl (C=O) groups excluding carboxylic acids is 1. The van der Waals surface area contributed by atoms with E-state index in [1.165, 1.54) is 5.56 Å². The molecule has 1 nitrogen and oxygen atoms in total. The molecule has 0 unspecified atom stereocenters. The van der Waals surface area contributed by atoms with Crippen molar-refractivity contribution < 1.29 is 4.79 Å². The van der Waals surface area contributed by atoms with Gasteiger partial charge in [0.2, 0.25) is 0 Å². The van der Waals surface area contributed by atoms with E-state index in [0.29, 0.717) is 0 Å². The second-order valence-corrected chi connectivity index (χ2v) is 4.39. The van der Waals surface area contributed by atoms with Crippen molar-refractivity contribution in [3.63, 3.8) is 0 Å². The third-order valence-corrected chi connectivity index (χ3v) is 2.76. The summed E-state index contributed by atoms with van der Waals surface area (Å²) in [5.74, 6) is -0.00979. The van der Waals surface area contributed by atoms with Crippen molar-refractivity contribution >= 4 is 17.9 Å². The lowest BCUT2D eigenvalue weighted by molar-refractivity contribution is -0.110. The summed E-state index contributed by atoms with van der Waals surface area (Å²) < 4.78 is 0. The van der Waals surface area contributed by atoms with E-state index in [0.717, 1.165) is 11.1 Å². The maximum atomic E-state index is 11.7. The minimum absolute atomic E-state index is 0.00979. The number of ketones is 1. The minimum Gasteiger partial charge on any atom is -0.290 e. The zero-order valence-electron chi connectivity index (χ0n) is 10.9. The summed E-state index contributed by atoms with van der Waals surface area (Å²) >= 11 is 0. The van der Waals surface area contributed by atoms with Crippen LogP contribution in [0.3, 0.4) is 0 Å². The molecule has 0 atom stereocenters. The Labute approximate surface area is 113 Å². The molecule has 1 heteroatoms. The van der Waals surface area contributed by atoms with Gasteiger partial charge >= 0.3 is 0 Å². The molecular weight excluding hydrogens is 232 g/mol. The van der Waals surface area contributed by atoms with Gasteiger partial charge in [-0.1, -0.05) is 72.3 Å². The summed E-state index contributed by atoms with van der Waals surface area (Å²) in [6.45, 7) is 2.04. The van der Waals surface area contributed by atoms with Crippen molar-refractivity contribution in [1.82, 2.24) is 0 Å². The Balaban J connectivity index is 1.98. The molecule has 2 aromatic rings. The van der Waals surface area contributed by atoms with Crippen molar-refractivity contribution in [3.8, 4) is 0 Å². The normalized spacial score (nSPS) is 11.2. The number of allylic oxidation sites excluding steroid dienone is 2. The van der Waals surface area contributed by atoms with Gasteiger partial charge in [-0.25, -0.2) is 0 Å². The van der Waals surface area contributed by atoms with E-state index in [1.807, 2.05) is 73.7 Å². The monoisotopic (exact) mass is 248 g/mol. The highest BCUT2D eigenvalue weighted by Crippen LogP contribution is 2.06. The Hall–Kier alpha value is -2.41. The van der Waals surface area contributed by atoms with Crippen LogP contribution in [0.15, 0.2) is 66.7 Å². The summed E-state index contributed by atoms with van der Waals surface area (Å²) in [5.41, 5.74) is 3.28. The number of hydrogen-bond donors (Lipinski definition) is 0. The summed E-state index contributed by atoms with van der Waals surface area (Å²) in [5, 5.41) is 0. The molecule has 0 aromatic heterocycles. The van der Waals surface area contributed by atoms with Crippen LogP contribution in [0.25, 0.3) is 12.2 Å². The maximum Gasteiger partial charge on any atom is 0.178 e. The molecule has 0 saturated heterocycles. The van der Waals surface area contributed by atoms with Crippen LogP contribution in [0.2, 0.25) is 0 Å². The SMILES string of the molecule is Cc1ccc(/C=C/C(=O)/C=C/c2ccccc2)cc1. The molecule has 2 aromatic carbocycles. The van der Waals surface area contributed by atoms with Crippen LogP contribution in [0, 0.1) is 6.92 Å². The molecule has 0 aliphatic carbocycles. The molecule has 0 fully saturated rings. The van der Waals surface area contributed by atoms with E-state index in [2.05, 4.69) is 0 Å². The molecule has 0 aliphatic rings. The highest BCUT2D eigenvalue weighted by molar-refractivity contribution is 6.04. The molecule has 0 bridgehead atoms. The van der Waals surface area contributed by atoms with E-state index >= 15 is 0 Å². The maximum absolute atomic E-state index is 11.7. The van der Waals surface area contributed by atoms with Gasteiger partial charge in [0.1, 0.15) is 0 Å². The van der Waals surface area contributed by atoms with Gasteiger partial charge in [0.15, 0.2) is 5.78 Å². The number of rotatable bonds is 4. The summed E-state index contributed by atoms with van der Waals surface area (Å²) in [6, 6.07) is 17.9. The highest BCUT2D eigenvalue weighted by atomic mass is 16.1. The lowest BCUT2D eigenvalue weighted by Gasteiger charge is -1.93. The smallest absolute Gasteiger partial charge is 0.178 e. The van der Waals surface area contributed by atoms with E-state index in [1.54, 1.807) is 12.2 Å². The Morgan fingerprint density at radius 2 is 1.32 bits per heavy atom. The van der Waals surface area contributed by atoms with Gasteiger partial charge < -0.3 is 0 Å². The summed E-state index contributed by atoms with van der Waals surface area (Å²) in [6.07, 6.45) is 6.82. The van der Waals surface area contributed by atoms with Crippen LogP contribution < -0.4 is 0 Å². The number of carbonyl (C=O) groups is 1. The predicted molar refractivity (Wildman–Crippen MR) is 80.7 cm³/mol. The van der Waals surface area contributed by atoms with Gasteiger partial charge in [0, 0.05) is 0 Å². The molecule has 0 N–H and O–H groups in total. The van der Waals surface area contributed by atoms with Crippen molar-refractivity contribution in [3.05, 3.63) is 83.4 Å². The van der Waals surface area contributed by atoms with E-state index in [-0.39, 0.29) is 5.78 Å². The first kappa shape index (κ1) is 13.0. The third kappa shape index (κ3) is 4.40. The molecule has 0 radical (unpaired) electrons. The van der Waals surface area contributed by atoms with Crippen LogP contribution in [0.5, 0.6) is 0 Å².